The second-order valence-electron chi connectivity index (χ2n) is 7.10. The number of nitrogens with zero attached hydrogens (tertiary/aromatic N) is 2. The summed E-state index contributed by atoms with van der Waals surface area (Å²) in [4.78, 5) is 9.08. The molecule has 0 saturated carbocycles. The summed E-state index contributed by atoms with van der Waals surface area (Å²) in [5.74, 6) is 0.616. The van der Waals surface area contributed by atoms with Crippen LogP contribution in [0.2, 0.25) is 0 Å². The standard InChI is InChI=1S/C21H22FN5O2S/c1-14-7-8-15(11-19(14)22)18-13-24-21-26-16-5-4-6-17(12-16)30(28,29)25-10-3-2-9-23-20(18)27-21/h4-8,11-13,25H,2-3,9-10H2,1H3,(H2,23,24,26,27). The normalized spacial score (nSPS) is 16.1. The summed E-state index contributed by atoms with van der Waals surface area (Å²) in [6.07, 6.45) is 3.03. The van der Waals surface area contributed by atoms with E-state index < -0.39 is 10.0 Å². The summed E-state index contributed by atoms with van der Waals surface area (Å²) in [7, 11) is -3.58. The molecule has 0 fully saturated rings. The number of hydrogen-bond acceptors (Lipinski definition) is 6. The summed E-state index contributed by atoms with van der Waals surface area (Å²) in [6.45, 7) is 2.64. The third-order valence-electron chi connectivity index (χ3n) is 4.86. The summed E-state index contributed by atoms with van der Waals surface area (Å²) in [5.41, 5.74) is 2.50. The number of fused-ring (bicyclic) bond motifs is 4. The van der Waals surface area contributed by atoms with Crippen molar-refractivity contribution in [1.82, 2.24) is 14.7 Å². The van der Waals surface area contributed by atoms with Crippen molar-refractivity contribution in [3.8, 4) is 11.1 Å². The molecule has 0 radical (unpaired) electrons. The highest BCUT2D eigenvalue weighted by molar-refractivity contribution is 7.89. The van der Waals surface area contributed by atoms with Gasteiger partial charge in [-0.3, -0.25) is 0 Å². The first-order valence-corrected chi connectivity index (χ1v) is 11.1. The molecule has 156 valence electrons. The highest BCUT2D eigenvalue weighted by Crippen LogP contribution is 2.29. The van der Waals surface area contributed by atoms with Crippen LogP contribution in [-0.4, -0.2) is 31.5 Å². The monoisotopic (exact) mass is 427 g/mol. The minimum atomic E-state index is -3.58. The Morgan fingerprint density at radius 1 is 1.07 bits per heavy atom. The molecule has 2 heterocycles. The number of nitrogens with one attached hydrogen (secondary N) is 3. The fraction of sp³-hybridized carbons (Fsp3) is 0.238. The van der Waals surface area contributed by atoms with E-state index in [4.69, 9.17) is 0 Å². The second-order valence-corrected chi connectivity index (χ2v) is 8.87. The van der Waals surface area contributed by atoms with E-state index in [0.717, 1.165) is 6.42 Å². The summed E-state index contributed by atoms with van der Waals surface area (Å²) >= 11 is 0. The van der Waals surface area contributed by atoms with E-state index in [-0.39, 0.29) is 10.7 Å². The van der Waals surface area contributed by atoms with Crippen molar-refractivity contribution < 1.29 is 12.8 Å². The van der Waals surface area contributed by atoms with E-state index in [1.54, 1.807) is 37.4 Å². The van der Waals surface area contributed by atoms with Crippen molar-refractivity contribution in [2.45, 2.75) is 24.7 Å². The van der Waals surface area contributed by atoms with Gasteiger partial charge in [0.15, 0.2) is 0 Å². The Labute approximate surface area is 174 Å². The number of aryl methyl sites for hydroxylation is 1. The van der Waals surface area contributed by atoms with Gasteiger partial charge in [0.2, 0.25) is 16.0 Å². The first-order valence-electron chi connectivity index (χ1n) is 9.66. The molecule has 4 rings (SSSR count). The van der Waals surface area contributed by atoms with Gasteiger partial charge >= 0.3 is 0 Å². The molecule has 4 bridgehead atoms. The van der Waals surface area contributed by atoms with Gasteiger partial charge in [-0.05, 0) is 55.2 Å². The molecular weight excluding hydrogens is 405 g/mol. The van der Waals surface area contributed by atoms with Gasteiger partial charge in [0.25, 0.3) is 0 Å². The maximum Gasteiger partial charge on any atom is 0.240 e. The van der Waals surface area contributed by atoms with Crippen LogP contribution >= 0.6 is 0 Å². The Morgan fingerprint density at radius 3 is 2.73 bits per heavy atom. The predicted molar refractivity (Wildman–Crippen MR) is 115 cm³/mol. The molecule has 3 aromatic rings. The van der Waals surface area contributed by atoms with E-state index in [0.29, 0.717) is 53.7 Å². The summed E-state index contributed by atoms with van der Waals surface area (Å²) in [6, 6.07) is 11.5. The molecule has 0 atom stereocenters. The number of sulfonamides is 1. The van der Waals surface area contributed by atoms with E-state index in [9.17, 15) is 12.8 Å². The molecule has 7 nitrogen and oxygen atoms in total. The average molecular weight is 428 g/mol. The smallest absolute Gasteiger partial charge is 0.240 e. The molecule has 2 aromatic carbocycles. The molecule has 0 saturated heterocycles. The highest BCUT2D eigenvalue weighted by Gasteiger charge is 2.16. The molecule has 0 aliphatic carbocycles. The van der Waals surface area contributed by atoms with Crippen LogP contribution in [0, 0.1) is 12.7 Å². The highest BCUT2D eigenvalue weighted by atomic mass is 32.2. The van der Waals surface area contributed by atoms with E-state index in [1.807, 2.05) is 6.07 Å². The summed E-state index contributed by atoms with van der Waals surface area (Å²) < 4.78 is 41.6. The fourth-order valence-electron chi connectivity index (χ4n) is 3.17. The van der Waals surface area contributed by atoms with E-state index in [2.05, 4.69) is 25.3 Å². The van der Waals surface area contributed by atoms with Crippen molar-refractivity contribution in [1.29, 1.82) is 0 Å². The third kappa shape index (κ3) is 4.42. The van der Waals surface area contributed by atoms with Crippen molar-refractivity contribution >= 4 is 27.5 Å². The van der Waals surface area contributed by atoms with Gasteiger partial charge in [-0.25, -0.2) is 22.5 Å². The Kier molecular flexibility index (Phi) is 5.65. The Morgan fingerprint density at radius 2 is 1.90 bits per heavy atom. The Balaban J connectivity index is 1.74. The lowest BCUT2D eigenvalue weighted by Gasteiger charge is -2.15. The SMILES string of the molecule is Cc1ccc(-c2cnc3nc2NCCCCNS(=O)(=O)c2cccc(c2)N3)cc1F. The second kappa shape index (κ2) is 8.37. The number of anilines is 3. The van der Waals surface area contributed by atoms with Gasteiger partial charge < -0.3 is 10.6 Å². The van der Waals surface area contributed by atoms with Crippen LogP contribution in [0.4, 0.5) is 21.8 Å². The first kappa shape index (κ1) is 20.2. The Hall–Kier alpha value is -3.04. The van der Waals surface area contributed by atoms with Crippen LogP contribution in [0.25, 0.3) is 11.1 Å². The van der Waals surface area contributed by atoms with Crippen LogP contribution in [0.5, 0.6) is 0 Å². The number of rotatable bonds is 1. The maximum atomic E-state index is 14.1. The molecule has 9 heteroatoms. The van der Waals surface area contributed by atoms with Crippen LogP contribution in [-0.2, 0) is 10.0 Å². The molecule has 0 amide bonds. The van der Waals surface area contributed by atoms with Gasteiger partial charge in [0, 0.05) is 30.5 Å². The van der Waals surface area contributed by atoms with Crippen LogP contribution in [0.15, 0.2) is 53.6 Å². The van der Waals surface area contributed by atoms with E-state index in [1.165, 1.54) is 12.1 Å². The van der Waals surface area contributed by atoms with Crippen LogP contribution in [0.3, 0.4) is 0 Å². The molecule has 3 N–H and O–H groups in total. The molecule has 1 aliphatic rings. The molecule has 30 heavy (non-hydrogen) atoms. The molecule has 0 spiro atoms. The number of benzene rings is 2. The average Bonchev–Trinajstić information content (AvgIpc) is 2.72. The number of halogens is 1. The molecular formula is C21H22FN5O2S. The Bertz CT molecular complexity index is 1180. The minimum Gasteiger partial charge on any atom is -0.369 e. The lowest BCUT2D eigenvalue weighted by atomic mass is 10.1. The van der Waals surface area contributed by atoms with Gasteiger partial charge in [-0.15, -0.1) is 0 Å². The molecule has 1 aliphatic heterocycles. The zero-order chi connectivity index (χ0) is 21.1. The van der Waals surface area contributed by atoms with Crippen LogP contribution < -0.4 is 15.4 Å². The zero-order valence-corrected chi connectivity index (χ0v) is 17.3. The van der Waals surface area contributed by atoms with Gasteiger partial charge in [0.1, 0.15) is 11.6 Å². The largest absolute Gasteiger partial charge is 0.369 e. The third-order valence-corrected chi connectivity index (χ3v) is 6.32. The van der Waals surface area contributed by atoms with Gasteiger partial charge in [0.05, 0.1) is 4.90 Å². The van der Waals surface area contributed by atoms with Crippen molar-refractivity contribution in [2.75, 3.05) is 23.7 Å². The quantitative estimate of drug-likeness (QED) is 0.546. The minimum absolute atomic E-state index is 0.176. The first-order chi connectivity index (χ1) is 14.4. The lowest BCUT2D eigenvalue weighted by molar-refractivity contribution is 0.577. The van der Waals surface area contributed by atoms with Gasteiger partial charge in [-0.1, -0.05) is 18.2 Å². The predicted octanol–water partition coefficient (Wildman–Crippen LogP) is 3.82. The van der Waals surface area contributed by atoms with Crippen LogP contribution in [0.1, 0.15) is 18.4 Å². The van der Waals surface area contributed by atoms with Gasteiger partial charge in [-0.2, -0.15) is 4.98 Å². The van der Waals surface area contributed by atoms with Crippen molar-refractivity contribution in [3.05, 3.63) is 60.0 Å². The zero-order valence-electron chi connectivity index (χ0n) is 16.4. The number of aromatic nitrogens is 2. The van der Waals surface area contributed by atoms with E-state index >= 15 is 0 Å². The fourth-order valence-corrected chi connectivity index (χ4v) is 4.28. The van der Waals surface area contributed by atoms with Crippen molar-refractivity contribution in [2.24, 2.45) is 0 Å². The topological polar surface area (TPSA) is 96.0 Å². The van der Waals surface area contributed by atoms with Crippen molar-refractivity contribution in [3.63, 3.8) is 0 Å². The maximum absolute atomic E-state index is 14.1. The molecule has 1 aromatic heterocycles. The molecule has 0 unspecified atom stereocenters. The summed E-state index contributed by atoms with van der Waals surface area (Å²) in [5, 5.41) is 6.32. The number of hydrogen-bond donors (Lipinski definition) is 3. The lowest BCUT2D eigenvalue weighted by Crippen LogP contribution is -2.25.